The van der Waals surface area contributed by atoms with E-state index >= 15 is 0 Å². The van der Waals surface area contributed by atoms with Gasteiger partial charge in [-0.05, 0) is 47.7 Å². The number of fused-ring (bicyclic) bond motifs is 1. The number of benzene rings is 2. The first kappa shape index (κ1) is 18.1. The van der Waals surface area contributed by atoms with Crippen LogP contribution in [0, 0.1) is 6.92 Å². The second kappa shape index (κ2) is 5.95. The highest BCUT2D eigenvalue weighted by Crippen LogP contribution is 2.30. The predicted molar refractivity (Wildman–Crippen MR) is 95.9 cm³/mol. The van der Waals surface area contributed by atoms with Crippen molar-refractivity contribution in [1.82, 2.24) is 5.32 Å². The molecule has 0 atom stereocenters. The van der Waals surface area contributed by atoms with Crippen molar-refractivity contribution in [3.05, 3.63) is 58.7 Å². The Morgan fingerprint density at radius 1 is 0.923 bits per heavy atom. The number of rotatable bonds is 3. The number of amides is 2. The van der Waals surface area contributed by atoms with Gasteiger partial charge < -0.3 is 4.18 Å². The van der Waals surface area contributed by atoms with E-state index in [1.807, 2.05) is 12.1 Å². The Bertz CT molecular complexity index is 1030. The average molecular weight is 373 g/mol. The molecule has 7 heteroatoms. The van der Waals surface area contributed by atoms with Gasteiger partial charge in [0, 0.05) is 0 Å². The maximum Gasteiger partial charge on any atom is 0.339 e. The van der Waals surface area contributed by atoms with Crippen LogP contribution in [0.15, 0.2) is 41.3 Å². The first-order valence-corrected chi connectivity index (χ1v) is 9.45. The zero-order chi connectivity index (χ0) is 19.3. The number of hydrogen-bond donors (Lipinski definition) is 1. The zero-order valence-electron chi connectivity index (χ0n) is 14.9. The van der Waals surface area contributed by atoms with Gasteiger partial charge in [0.25, 0.3) is 11.8 Å². The molecule has 2 amide bonds. The fourth-order valence-corrected chi connectivity index (χ4v) is 3.69. The van der Waals surface area contributed by atoms with E-state index in [-0.39, 0.29) is 27.2 Å². The SMILES string of the molecule is Cc1cc(C(C)(C)C)ccc1OS(=O)(=O)c1ccc2c(c1)C(=O)NC2=O. The molecule has 136 valence electrons. The standard InChI is InChI=1S/C19H19NO5S/c1-11-9-12(19(2,3)4)5-8-16(11)25-26(23,24)13-6-7-14-15(10-13)18(22)20-17(14)21/h5-10H,1-4H3,(H,20,21,22). The number of imide groups is 1. The van der Waals surface area contributed by atoms with Crippen LogP contribution in [-0.2, 0) is 15.5 Å². The minimum Gasteiger partial charge on any atom is -0.379 e. The fraction of sp³-hybridized carbons (Fsp3) is 0.263. The van der Waals surface area contributed by atoms with Gasteiger partial charge in [0.05, 0.1) is 11.1 Å². The van der Waals surface area contributed by atoms with Crippen LogP contribution < -0.4 is 9.50 Å². The molecule has 1 N–H and O–H groups in total. The lowest BCUT2D eigenvalue weighted by atomic mass is 9.86. The van der Waals surface area contributed by atoms with E-state index in [4.69, 9.17) is 4.18 Å². The van der Waals surface area contributed by atoms with Crippen LogP contribution in [-0.4, -0.2) is 20.2 Å². The number of nitrogens with one attached hydrogen (secondary N) is 1. The summed E-state index contributed by atoms with van der Waals surface area (Å²) >= 11 is 0. The summed E-state index contributed by atoms with van der Waals surface area (Å²) in [6.45, 7) is 7.97. The quantitative estimate of drug-likeness (QED) is 0.660. The van der Waals surface area contributed by atoms with Crippen LogP contribution in [0.1, 0.15) is 52.6 Å². The molecule has 0 aliphatic carbocycles. The van der Waals surface area contributed by atoms with Gasteiger partial charge in [0.1, 0.15) is 10.6 Å². The summed E-state index contributed by atoms with van der Waals surface area (Å²) in [5.41, 5.74) is 1.86. The molecule has 3 rings (SSSR count). The fourth-order valence-electron chi connectivity index (χ4n) is 2.68. The number of aryl methyl sites for hydroxylation is 1. The Kier molecular flexibility index (Phi) is 4.15. The van der Waals surface area contributed by atoms with Crippen molar-refractivity contribution in [3.8, 4) is 5.75 Å². The molecule has 0 unspecified atom stereocenters. The molecule has 0 saturated carbocycles. The minimum absolute atomic E-state index is 0.0273. The largest absolute Gasteiger partial charge is 0.379 e. The summed E-state index contributed by atoms with van der Waals surface area (Å²) < 4.78 is 30.4. The molecule has 0 aromatic heterocycles. The average Bonchev–Trinajstić information content (AvgIpc) is 2.82. The molecule has 2 aromatic rings. The van der Waals surface area contributed by atoms with Gasteiger partial charge in [-0.2, -0.15) is 8.42 Å². The molecule has 2 aromatic carbocycles. The lowest BCUT2D eigenvalue weighted by Crippen LogP contribution is -2.19. The maximum atomic E-state index is 12.6. The topological polar surface area (TPSA) is 89.5 Å². The van der Waals surface area contributed by atoms with Crippen LogP contribution >= 0.6 is 0 Å². The van der Waals surface area contributed by atoms with E-state index in [1.165, 1.54) is 12.1 Å². The van der Waals surface area contributed by atoms with Crippen molar-refractivity contribution in [3.63, 3.8) is 0 Å². The van der Waals surface area contributed by atoms with Gasteiger partial charge in [-0.1, -0.05) is 32.9 Å². The van der Waals surface area contributed by atoms with E-state index in [1.54, 1.807) is 13.0 Å². The van der Waals surface area contributed by atoms with Crippen molar-refractivity contribution in [1.29, 1.82) is 0 Å². The summed E-state index contributed by atoms with van der Waals surface area (Å²) in [5, 5.41) is 2.13. The van der Waals surface area contributed by atoms with Crippen LogP contribution in [0.4, 0.5) is 0 Å². The first-order valence-electron chi connectivity index (χ1n) is 8.04. The summed E-state index contributed by atoms with van der Waals surface area (Å²) in [5.74, 6) is -0.935. The monoisotopic (exact) mass is 373 g/mol. The van der Waals surface area contributed by atoms with Gasteiger partial charge in [-0.25, -0.2) is 0 Å². The maximum absolute atomic E-state index is 12.6. The normalized spacial score (nSPS) is 14.2. The third-order valence-electron chi connectivity index (χ3n) is 4.24. The molecular weight excluding hydrogens is 354 g/mol. The van der Waals surface area contributed by atoms with E-state index in [2.05, 4.69) is 26.1 Å². The second-order valence-electron chi connectivity index (χ2n) is 7.26. The molecule has 0 bridgehead atoms. The highest BCUT2D eigenvalue weighted by atomic mass is 32.2. The smallest absolute Gasteiger partial charge is 0.339 e. The van der Waals surface area contributed by atoms with Gasteiger partial charge in [-0.15, -0.1) is 0 Å². The molecule has 0 spiro atoms. The third kappa shape index (κ3) is 3.22. The van der Waals surface area contributed by atoms with Gasteiger partial charge in [-0.3, -0.25) is 14.9 Å². The molecule has 6 nitrogen and oxygen atoms in total. The van der Waals surface area contributed by atoms with Gasteiger partial charge >= 0.3 is 10.1 Å². The van der Waals surface area contributed by atoms with E-state index < -0.39 is 21.9 Å². The van der Waals surface area contributed by atoms with Gasteiger partial charge in [0.15, 0.2) is 0 Å². The van der Waals surface area contributed by atoms with Crippen molar-refractivity contribution < 1.29 is 22.2 Å². The van der Waals surface area contributed by atoms with Crippen molar-refractivity contribution in [2.24, 2.45) is 0 Å². The minimum atomic E-state index is -4.14. The van der Waals surface area contributed by atoms with Crippen LogP contribution in [0.25, 0.3) is 0 Å². The Morgan fingerprint density at radius 2 is 1.58 bits per heavy atom. The summed E-state index contributed by atoms with van der Waals surface area (Å²) in [7, 11) is -4.14. The lowest BCUT2D eigenvalue weighted by Gasteiger charge is -2.20. The third-order valence-corrected chi connectivity index (χ3v) is 5.47. The van der Waals surface area contributed by atoms with E-state index in [9.17, 15) is 18.0 Å². The summed E-state index contributed by atoms with van der Waals surface area (Å²) in [6.07, 6.45) is 0. The Morgan fingerprint density at radius 3 is 2.19 bits per heavy atom. The number of carbonyl (C=O) groups excluding carboxylic acids is 2. The second-order valence-corrected chi connectivity index (χ2v) is 8.80. The molecule has 1 heterocycles. The van der Waals surface area contributed by atoms with Crippen LogP contribution in [0.2, 0.25) is 0 Å². The van der Waals surface area contributed by atoms with E-state index in [0.717, 1.165) is 11.6 Å². The highest BCUT2D eigenvalue weighted by Gasteiger charge is 2.29. The molecule has 1 aliphatic rings. The number of hydrogen-bond acceptors (Lipinski definition) is 5. The van der Waals surface area contributed by atoms with E-state index in [0.29, 0.717) is 5.56 Å². The predicted octanol–water partition coefficient (Wildman–Crippen LogP) is 2.94. The Labute approximate surface area is 152 Å². The summed E-state index contributed by atoms with van der Waals surface area (Å²) in [4.78, 5) is 23.1. The van der Waals surface area contributed by atoms with Gasteiger partial charge in [0.2, 0.25) is 0 Å². The van der Waals surface area contributed by atoms with Crippen molar-refractivity contribution in [2.75, 3.05) is 0 Å². The Hall–Kier alpha value is -2.67. The van der Waals surface area contributed by atoms with Crippen LogP contribution in [0.3, 0.4) is 0 Å². The summed E-state index contributed by atoms with van der Waals surface area (Å²) in [6, 6.07) is 9.06. The molecule has 1 aliphatic heterocycles. The Balaban J connectivity index is 1.95. The van der Waals surface area contributed by atoms with Crippen LogP contribution in [0.5, 0.6) is 5.75 Å². The highest BCUT2D eigenvalue weighted by molar-refractivity contribution is 7.87. The molecule has 26 heavy (non-hydrogen) atoms. The molecule has 0 radical (unpaired) electrons. The number of carbonyl (C=O) groups is 2. The van der Waals surface area contributed by atoms with Crippen molar-refractivity contribution in [2.45, 2.75) is 38.0 Å². The molecular formula is C19H19NO5S. The molecule has 0 fully saturated rings. The lowest BCUT2D eigenvalue weighted by molar-refractivity contribution is 0.0879. The molecule has 0 saturated heterocycles. The first-order chi connectivity index (χ1) is 12.0. The van der Waals surface area contributed by atoms with Crippen molar-refractivity contribution >= 4 is 21.9 Å². The zero-order valence-corrected chi connectivity index (χ0v) is 15.7.